The minimum atomic E-state index is -0.432. The lowest BCUT2D eigenvalue weighted by Crippen LogP contribution is -2.41. The van der Waals surface area contributed by atoms with E-state index in [0.717, 1.165) is 25.9 Å². The topological polar surface area (TPSA) is 3.24 Å². The van der Waals surface area contributed by atoms with Crippen LogP contribution in [-0.4, -0.2) is 18.0 Å². The van der Waals surface area contributed by atoms with Crippen molar-refractivity contribution >= 4 is 0 Å². The van der Waals surface area contributed by atoms with E-state index in [0.29, 0.717) is 12.0 Å². The first-order valence-corrected chi connectivity index (χ1v) is 6.69. The Balaban J connectivity index is 2.10. The first kappa shape index (κ1) is 13.5. The van der Waals surface area contributed by atoms with Gasteiger partial charge in [-0.3, -0.25) is 4.90 Å². The molecule has 1 heterocycles. The zero-order chi connectivity index (χ0) is 13.2. The fraction of sp³-hybridized carbons (Fsp3) is 0.600. The summed E-state index contributed by atoms with van der Waals surface area (Å²) in [6.45, 7) is 6.69. The van der Waals surface area contributed by atoms with Crippen molar-refractivity contribution in [3.05, 3.63) is 35.4 Å². The van der Waals surface area contributed by atoms with E-state index < -0.39 is 11.6 Å². The van der Waals surface area contributed by atoms with Crippen LogP contribution < -0.4 is 0 Å². The van der Waals surface area contributed by atoms with Crippen molar-refractivity contribution in [2.75, 3.05) is 13.1 Å². The summed E-state index contributed by atoms with van der Waals surface area (Å²) in [6.07, 6.45) is 3.43. The average molecular weight is 253 g/mol. The van der Waals surface area contributed by atoms with Crippen molar-refractivity contribution in [1.82, 2.24) is 4.90 Å². The molecule has 0 N–H and O–H groups in total. The van der Waals surface area contributed by atoms with Crippen molar-refractivity contribution in [2.24, 2.45) is 5.41 Å². The molecule has 1 nitrogen and oxygen atoms in total. The molecule has 0 spiro atoms. The molecular weight excluding hydrogens is 232 g/mol. The van der Waals surface area contributed by atoms with Crippen molar-refractivity contribution in [3.8, 4) is 0 Å². The largest absolute Gasteiger partial charge is 0.298 e. The summed E-state index contributed by atoms with van der Waals surface area (Å²) >= 11 is 0. The molecule has 3 heteroatoms. The van der Waals surface area contributed by atoms with Crippen molar-refractivity contribution < 1.29 is 8.78 Å². The van der Waals surface area contributed by atoms with Crippen LogP contribution in [0.1, 0.15) is 38.7 Å². The van der Waals surface area contributed by atoms with Gasteiger partial charge in [-0.1, -0.05) is 19.9 Å². The van der Waals surface area contributed by atoms with Gasteiger partial charge in [-0.05, 0) is 43.4 Å². The van der Waals surface area contributed by atoms with Gasteiger partial charge >= 0.3 is 0 Å². The Kier molecular flexibility index (Phi) is 4.00. The third-order valence-electron chi connectivity index (χ3n) is 4.16. The molecule has 100 valence electrons. The molecule has 1 saturated heterocycles. The quantitative estimate of drug-likeness (QED) is 0.787. The van der Waals surface area contributed by atoms with Crippen LogP contribution in [0.4, 0.5) is 8.78 Å². The molecular formula is C15H21F2N. The average Bonchev–Trinajstić information content (AvgIpc) is 2.34. The summed E-state index contributed by atoms with van der Waals surface area (Å²) in [6, 6.07) is 4.09. The van der Waals surface area contributed by atoms with E-state index in [1.54, 1.807) is 0 Å². The summed E-state index contributed by atoms with van der Waals surface area (Å²) in [5.74, 6) is -0.863. The van der Waals surface area contributed by atoms with Gasteiger partial charge in [-0.15, -0.1) is 0 Å². The second kappa shape index (κ2) is 5.35. The third kappa shape index (κ3) is 2.89. The maximum atomic E-state index is 13.6. The van der Waals surface area contributed by atoms with Gasteiger partial charge in [0.15, 0.2) is 0 Å². The van der Waals surface area contributed by atoms with Crippen LogP contribution in [0.5, 0.6) is 0 Å². The maximum Gasteiger partial charge on any atom is 0.130 e. The van der Waals surface area contributed by atoms with Crippen LogP contribution in [0.15, 0.2) is 18.2 Å². The van der Waals surface area contributed by atoms with E-state index in [-0.39, 0.29) is 5.56 Å². The number of hydrogen-bond acceptors (Lipinski definition) is 1. The van der Waals surface area contributed by atoms with Crippen LogP contribution in [0, 0.1) is 17.0 Å². The molecule has 2 rings (SSSR count). The molecule has 0 saturated carbocycles. The molecule has 0 radical (unpaired) electrons. The summed E-state index contributed by atoms with van der Waals surface area (Å²) in [5, 5.41) is 0. The molecule has 1 aromatic carbocycles. The molecule has 1 fully saturated rings. The Labute approximate surface area is 108 Å². The summed E-state index contributed by atoms with van der Waals surface area (Å²) in [7, 11) is 0. The predicted molar refractivity (Wildman–Crippen MR) is 69.3 cm³/mol. The van der Waals surface area contributed by atoms with Crippen LogP contribution in [0.3, 0.4) is 0 Å². The molecule has 1 atom stereocenters. The first-order chi connectivity index (χ1) is 8.54. The van der Waals surface area contributed by atoms with Gasteiger partial charge in [0, 0.05) is 18.7 Å². The number of halogens is 2. The fourth-order valence-corrected chi connectivity index (χ4v) is 2.76. The monoisotopic (exact) mass is 253 g/mol. The molecule has 0 aromatic heterocycles. The standard InChI is InChI=1S/C15H21F2N/c1-3-15(2)8-5-9-18(11-15)10-12-13(16)6-4-7-14(12)17/h4,6-7H,3,5,8-11H2,1-2H3. The lowest BCUT2D eigenvalue weighted by Gasteiger charge is -2.40. The van der Waals surface area contributed by atoms with E-state index in [2.05, 4.69) is 18.7 Å². The van der Waals surface area contributed by atoms with Gasteiger partial charge in [-0.2, -0.15) is 0 Å². The van der Waals surface area contributed by atoms with Crippen molar-refractivity contribution in [2.45, 2.75) is 39.7 Å². The number of hydrogen-bond donors (Lipinski definition) is 0. The highest BCUT2D eigenvalue weighted by Gasteiger charge is 2.29. The summed E-state index contributed by atoms with van der Waals surface area (Å²) < 4.78 is 27.2. The molecule has 0 aliphatic carbocycles. The minimum absolute atomic E-state index is 0.206. The molecule has 1 unspecified atom stereocenters. The van der Waals surface area contributed by atoms with Gasteiger partial charge in [0.2, 0.25) is 0 Å². The third-order valence-corrected chi connectivity index (χ3v) is 4.16. The van der Waals surface area contributed by atoms with E-state index in [1.165, 1.54) is 24.6 Å². The zero-order valence-electron chi connectivity index (χ0n) is 11.2. The van der Waals surface area contributed by atoms with Gasteiger partial charge < -0.3 is 0 Å². The van der Waals surface area contributed by atoms with Crippen LogP contribution in [0.25, 0.3) is 0 Å². The number of nitrogens with zero attached hydrogens (tertiary/aromatic N) is 1. The van der Waals surface area contributed by atoms with E-state index in [1.807, 2.05) is 0 Å². The fourth-order valence-electron chi connectivity index (χ4n) is 2.76. The molecule has 18 heavy (non-hydrogen) atoms. The number of rotatable bonds is 3. The predicted octanol–water partition coefficient (Wildman–Crippen LogP) is 3.98. The Morgan fingerprint density at radius 2 is 1.94 bits per heavy atom. The van der Waals surface area contributed by atoms with Crippen LogP contribution in [-0.2, 0) is 6.54 Å². The van der Waals surface area contributed by atoms with Gasteiger partial charge in [0.25, 0.3) is 0 Å². The highest BCUT2D eigenvalue weighted by Crippen LogP contribution is 2.33. The molecule has 1 aromatic rings. The molecule has 0 amide bonds. The Hall–Kier alpha value is -0.960. The molecule has 1 aliphatic rings. The van der Waals surface area contributed by atoms with Crippen LogP contribution in [0.2, 0.25) is 0 Å². The number of benzene rings is 1. The zero-order valence-corrected chi connectivity index (χ0v) is 11.2. The molecule has 0 bridgehead atoms. The van der Waals surface area contributed by atoms with Gasteiger partial charge in [-0.25, -0.2) is 8.78 Å². The van der Waals surface area contributed by atoms with Crippen LogP contribution >= 0.6 is 0 Å². The van der Waals surface area contributed by atoms with Crippen molar-refractivity contribution in [1.29, 1.82) is 0 Å². The van der Waals surface area contributed by atoms with Gasteiger partial charge in [0.1, 0.15) is 11.6 Å². The SMILES string of the molecule is CCC1(C)CCCN(Cc2c(F)cccc2F)C1. The maximum absolute atomic E-state index is 13.6. The normalized spacial score (nSPS) is 25.3. The van der Waals surface area contributed by atoms with Gasteiger partial charge in [0.05, 0.1) is 0 Å². The first-order valence-electron chi connectivity index (χ1n) is 6.69. The Bertz CT molecular complexity index is 399. The molecule has 1 aliphatic heterocycles. The second-order valence-corrected chi connectivity index (χ2v) is 5.68. The number of likely N-dealkylation sites (tertiary alicyclic amines) is 1. The smallest absolute Gasteiger partial charge is 0.130 e. The summed E-state index contributed by atoms with van der Waals surface area (Å²) in [5.41, 5.74) is 0.498. The highest BCUT2D eigenvalue weighted by molar-refractivity contribution is 5.19. The number of piperidine rings is 1. The second-order valence-electron chi connectivity index (χ2n) is 5.68. The lowest BCUT2D eigenvalue weighted by molar-refractivity contribution is 0.0918. The van der Waals surface area contributed by atoms with E-state index in [9.17, 15) is 8.78 Å². The Morgan fingerprint density at radius 3 is 2.56 bits per heavy atom. The van der Waals surface area contributed by atoms with E-state index in [4.69, 9.17) is 0 Å². The minimum Gasteiger partial charge on any atom is -0.298 e. The lowest BCUT2D eigenvalue weighted by atomic mass is 9.79. The highest BCUT2D eigenvalue weighted by atomic mass is 19.1. The Morgan fingerprint density at radius 1 is 1.28 bits per heavy atom. The van der Waals surface area contributed by atoms with E-state index >= 15 is 0 Å². The summed E-state index contributed by atoms with van der Waals surface area (Å²) in [4.78, 5) is 2.18. The van der Waals surface area contributed by atoms with Crippen molar-refractivity contribution in [3.63, 3.8) is 0 Å².